The monoisotopic (exact) mass is 258 g/mol. The topological polar surface area (TPSA) is 50.7 Å². The van der Waals surface area contributed by atoms with Crippen molar-refractivity contribution in [2.24, 2.45) is 16.8 Å². The molecule has 4 heteroatoms. The van der Waals surface area contributed by atoms with E-state index in [0.717, 1.165) is 6.42 Å². The Morgan fingerprint density at radius 3 is 3.16 bits per heavy atom. The molecule has 2 heterocycles. The highest BCUT2D eigenvalue weighted by molar-refractivity contribution is 5.90. The summed E-state index contributed by atoms with van der Waals surface area (Å²) in [5.41, 5.74) is 0.650. The summed E-state index contributed by atoms with van der Waals surface area (Å²) in [6.07, 6.45) is 13.0. The first-order valence-corrected chi connectivity index (χ1v) is 6.81. The summed E-state index contributed by atoms with van der Waals surface area (Å²) in [5.74, 6) is 0.543. The lowest BCUT2D eigenvalue weighted by molar-refractivity contribution is -0.139. The second kappa shape index (κ2) is 5.13. The molecule has 4 atom stereocenters. The molecule has 19 heavy (non-hydrogen) atoms. The Hall–Kier alpha value is -1.68. The molecule has 4 nitrogen and oxygen atoms in total. The highest BCUT2D eigenvalue weighted by Crippen LogP contribution is 2.37. The van der Waals surface area contributed by atoms with Gasteiger partial charge in [0.25, 0.3) is 0 Å². The standard InChI is InChI=1S/C15H18N2O2/c1-2-19-15(18)12-9-16-8-7-11-10-5-3-4-6-13(10)17-14(11)12/h3-6,8-11,13-14,17H,2,7H2,1H3. The molecule has 1 N–H and O–H groups in total. The van der Waals surface area contributed by atoms with Crippen LogP contribution in [0.1, 0.15) is 13.3 Å². The summed E-state index contributed by atoms with van der Waals surface area (Å²) in [5, 5.41) is 3.54. The third-order valence-corrected chi connectivity index (χ3v) is 4.01. The number of fused-ring (bicyclic) bond motifs is 3. The van der Waals surface area contributed by atoms with Gasteiger partial charge in [-0.15, -0.1) is 0 Å². The van der Waals surface area contributed by atoms with Gasteiger partial charge in [-0.3, -0.25) is 4.99 Å². The summed E-state index contributed by atoms with van der Waals surface area (Å²) in [4.78, 5) is 16.3. The van der Waals surface area contributed by atoms with Gasteiger partial charge in [-0.2, -0.15) is 0 Å². The van der Waals surface area contributed by atoms with E-state index in [9.17, 15) is 4.79 Å². The number of carbonyl (C=O) groups excluding carboxylic acids is 1. The van der Waals surface area contributed by atoms with Crippen LogP contribution in [-0.4, -0.2) is 30.9 Å². The second-order valence-electron chi connectivity index (χ2n) is 5.05. The van der Waals surface area contributed by atoms with Crippen molar-refractivity contribution in [1.29, 1.82) is 0 Å². The zero-order chi connectivity index (χ0) is 13.2. The second-order valence-corrected chi connectivity index (χ2v) is 5.05. The maximum Gasteiger partial charge on any atom is 0.337 e. The SMILES string of the molecule is CCOC(=O)C1=CN=CCC2C1NC1C=CC=CC12. The summed E-state index contributed by atoms with van der Waals surface area (Å²) in [6.45, 7) is 2.22. The smallest absolute Gasteiger partial charge is 0.337 e. The largest absolute Gasteiger partial charge is 0.463 e. The van der Waals surface area contributed by atoms with E-state index in [4.69, 9.17) is 4.74 Å². The minimum atomic E-state index is -0.254. The predicted octanol–water partition coefficient (Wildman–Crippen LogP) is 1.61. The fourth-order valence-electron chi connectivity index (χ4n) is 3.16. The van der Waals surface area contributed by atoms with Crippen molar-refractivity contribution in [2.45, 2.75) is 25.4 Å². The zero-order valence-electron chi connectivity index (χ0n) is 11.0. The normalized spacial score (nSPS) is 35.3. The first kappa shape index (κ1) is 12.4. The lowest BCUT2D eigenvalue weighted by atomic mass is 9.81. The van der Waals surface area contributed by atoms with Crippen LogP contribution in [-0.2, 0) is 9.53 Å². The molecule has 3 aliphatic rings. The minimum Gasteiger partial charge on any atom is -0.463 e. The van der Waals surface area contributed by atoms with Crippen molar-refractivity contribution in [3.8, 4) is 0 Å². The molecule has 1 saturated heterocycles. The first-order chi connectivity index (χ1) is 9.31. The Labute approximate surface area is 112 Å². The third-order valence-electron chi connectivity index (χ3n) is 4.01. The quantitative estimate of drug-likeness (QED) is 0.765. The van der Waals surface area contributed by atoms with Crippen LogP contribution in [0.4, 0.5) is 0 Å². The van der Waals surface area contributed by atoms with Gasteiger partial charge in [-0.1, -0.05) is 24.3 Å². The number of carbonyl (C=O) groups is 1. The van der Waals surface area contributed by atoms with Gasteiger partial charge in [0, 0.05) is 30.4 Å². The highest BCUT2D eigenvalue weighted by atomic mass is 16.5. The molecule has 0 bridgehead atoms. The molecule has 100 valence electrons. The van der Waals surface area contributed by atoms with E-state index >= 15 is 0 Å². The van der Waals surface area contributed by atoms with E-state index in [1.54, 1.807) is 6.20 Å². The molecule has 0 aromatic carbocycles. The fourth-order valence-corrected chi connectivity index (χ4v) is 3.16. The maximum absolute atomic E-state index is 12.1. The van der Waals surface area contributed by atoms with Crippen LogP contribution >= 0.6 is 0 Å². The molecule has 0 saturated carbocycles. The zero-order valence-corrected chi connectivity index (χ0v) is 11.0. The summed E-state index contributed by atoms with van der Waals surface area (Å²) in [6, 6.07) is 0.341. The van der Waals surface area contributed by atoms with Crippen LogP contribution < -0.4 is 5.32 Å². The molecular formula is C15H18N2O2. The number of allylic oxidation sites excluding steroid dienone is 2. The van der Waals surface area contributed by atoms with E-state index < -0.39 is 0 Å². The van der Waals surface area contributed by atoms with Crippen molar-refractivity contribution >= 4 is 12.2 Å². The molecule has 1 aliphatic carbocycles. The number of nitrogens with one attached hydrogen (secondary N) is 1. The molecule has 0 aromatic heterocycles. The Bertz CT molecular complexity index is 490. The van der Waals surface area contributed by atoms with Crippen LogP contribution in [0, 0.1) is 11.8 Å². The Kier molecular flexibility index (Phi) is 3.34. The van der Waals surface area contributed by atoms with Gasteiger partial charge < -0.3 is 10.1 Å². The van der Waals surface area contributed by atoms with Gasteiger partial charge in [-0.25, -0.2) is 4.79 Å². The molecule has 3 rings (SSSR count). The molecule has 0 radical (unpaired) electrons. The van der Waals surface area contributed by atoms with Crippen LogP contribution in [0.25, 0.3) is 0 Å². The van der Waals surface area contributed by atoms with Crippen LogP contribution in [0.3, 0.4) is 0 Å². The lowest BCUT2D eigenvalue weighted by Gasteiger charge is -2.21. The van der Waals surface area contributed by atoms with E-state index in [2.05, 4.69) is 34.6 Å². The summed E-state index contributed by atoms with van der Waals surface area (Å²) in [7, 11) is 0. The van der Waals surface area contributed by atoms with E-state index in [1.165, 1.54) is 0 Å². The molecule has 0 aromatic rings. The Balaban J connectivity index is 1.88. The van der Waals surface area contributed by atoms with Gasteiger partial charge in [0.1, 0.15) is 0 Å². The number of esters is 1. The van der Waals surface area contributed by atoms with Gasteiger partial charge >= 0.3 is 5.97 Å². The number of nitrogens with zero attached hydrogens (tertiary/aromatic N) is 1. The maximum atomic E-state index is 12.1. The van der Waals surface area contributed by atoms with Gasteiger partial charge in [-0.05, 0) is 19.3 Å². The number of aliphatic imine (C=N–C) groups is 1. The summed E-state index contributed by atoms with van der Waals surface area (Å²) >= 11 is 0. The predicted molar refractivity (Wildman–Crippen MR) is 73.8 cm³/mol. The van der Waals surface area contributed by atoms with Crippen molar-refractivity contribution in [1.82, 2.24) is 5.32 Å². The fraction of sp³-hybridized carbons (Fsp3) is 0.467. The molecule has 0 spiro atoms. The molecular weight excluding hydrogens is 240 g/mol. The third kappa shape index (κ3) is 2.16. The average Bonchev–Trinajstić information content (AvgIpc) is 2.64. The van der Waals surface area contributed by atoms with Crippen LogP contribution in [0.2, 0.25) is 0 Å². The molecule has 2 aliphatic heterocycles. The number of ether oxygens (including phenoxy) is 1. The van der Waals surface area contributed by atoms with Crippen LogP contribution in [0.5, 0.6) is 0 Å². The highest BCUT2D eigenvalue weighted by Gasteiger charge is 2.44. The van der Waals surface area contributed by atoms with Gasteiger partial charge in [0.05, 0.1) is 12.2 Å². The van der Waals surface area contributed by atoms with E-state index in [-0.39, 0.29) is 12.0 Å². The Morgan fingerprint density at radius 2 is 2.32 bits per heavy atom. The molecule has 4 unspecified atom stereocenters. The first-order valence-electron chi connectivity index (χ1n) is 6.81. The number of hydrogen-bond acceptors (Lipinski definition) is 4. The van der Waals surface area contributed by atoms with Gasteiger partial charge in [0.15, 0.2) is 0 Å². The molecule has 1 fully saturated rings. The number of rotatable bonds is 2. The van der Waals surface area contributed by atoms with E-state index in [0.29, 0.717) is 30.1 Å². The minimum absolute atomic E-state index is 0.0314. The van der Waals surface area contributed by atoms with Crippen molar-refractivity contribution < 1.29 is 9.53 Å². The lowest BCUT2D eigenvalue weighted by Crippen LogP contribution is -2.35. The molecule has 0 amide bonds. The van der Waals surface area contributed by atoms with Crippen molar-refractivity contribution in [3.63, 3.8) is 0 Å². The van der Waals surface area contributed by atoms with Crippen molar-refractivity contribution in [2.75, 3.05) is 6.61 Å². The summed E-state index contributed by atoms with van der Waals surface area (Å²) < 4.78 is 5.14. The average molecular weight is 258 g/mol. The number of hydrogen-bond donors (Lipinski definition) is 1. The van der Waals surface area contributed by atoms with Crippen LogP contribution in [0.15, 0.2) is 41.1 Å². The van der Waals surface area contributed by atoms with Crippen molar-refractivity contribution in [3.05, 3.63) is 36.1 Å². The van der Waals surface area contributed by atoms with E-state index in [1.807, 2.05) is 13.1 Å². The Morgan fingerprint density at radius 1 is 1.47 bits per heavy atom. The van der Waals surface area contributed by atoms with Gasteiger partial charge in [0.2, 0.25) is 0 Å².